The lowest BCUT2D eigenvalue weighted by Crippen LogP contribution is -2.09. The standard InChI is InChI=1S/C12H10N2O2/c13-12(16)10-7-14-11-8(4-2-6-15)3-1-5-9(10)11/h1-7,14H,(H2,13,16)/b4-2+. The fourth-order valence-corrected chi connectivity index (χ4v) is 1.66. The smallest absolute Gasteiger partial charge is 0.250 e. The number of para-hydroxylation sites is 1. The van der Waals surface area contributed by atoms with Crippen molar-refractivity contribution in [3.05, 3.63) is 41.6 Å². The Labute approximate surface area is 91.8 Å². The number of hydrogen-bond acceptors (Lipinski definition) is 2. The van der Waals surface area contributed by atoms with Crippen molar-refractivity contribution in [2.45, 2.75) is 0 Å². The van der Waals surface area contributed by atoms with E-state index in [-0.39, 0.29) is 0 Å². The van der Waals surface area contributed by atoms with E-state index in [1.807, 2.05) is 18.2 Å². The van der Waals surface area contributed by atoms with Crippen molar-refractivity contribution in [3.8, 4) is 0 Å². The van der Waals surface area contributed by atoms with Crippen molar-refractivity contribution in [3.63, 3.8) is 0 Å². The molecule has 0 bridgehead atoms. The summed E-state index contributed by atoms with van der Waals surface area (Å²) in [6.07, 6.45) is 5.36. The van der Waals surface area contributed by atoms with E-state index in [1.54, 1.807) is 12.3 Å². The summed E-state index contributed by atoms with van der Waals surface area (Å²) in [4.78, 5) is 24.4. The molecule has 0 atom stereocenters. The highest BCUT2D eigenvalue weighted by molar-refractivity contribution is 6.07. The van der Waals surface area contributed by atoms with E-state index >= 15 is 0 Å². The van der Waals surface area contributed by atoms with Crippen molar-refractivity contribution < 1.29 is 9.59 Å². The van der Waals surface area contributed by atoms with Gasteiger partial charge in [-0.15, -0.1) is 0 Å². The maximum atomic E-state index is 11.1. The van der Waals surface area contributed by atoms with Crippen LogP contribution in [-0.2, 0) is 4.79 Å². The number of nitrogens with two attached hydrogens (primary N) is 1. The number of H-pyrrole nitrogens is 1. The second-order valence-corrected chi connectivity index (χ2v) is 3.33. The van der Waals surface area contributed by atoms with Crippen LogP contribution in [0.3, 0.4) is 0 Å². The molecule has 0 saturated heterocycles. The van der Waals surface area contributed by atoms with Gasteiger partial charge in [-0.1, -0.05) is 18.2 Å². The van der Waals surface area contributed by atoms with Crippen molar-refractivity contribution in [2.75, 3.05) is 0 Å². The predicted octanol–water partition coefficient (Wildman–Crippen LogP) is 1.48. The number of primary amides is 1. The van der Waals surface area contributed by atoms with Gasteiger partial charge in [-0.3, -0.25) is 9.59 Å². The molecular formula is C12H10N2O2. The monoisotopic (exact) mass is 214 g/mol. The lowest BCUT2D eigenvalue weighted by atomic mass is 10.1. The maximum absolute atomic E-state index is 11.1. The molecule has 4 nitrogen and oxygen atoms in total. The molecule has 1 amide bonds. The average molecular weight is 214 g/mol. The van der Waals surface area contributed by atoms with Gasteiger partial charge in [0.15, 0.2) is 0 Å². The van der Waals surface area contributed by atoms with E-state index < -0.39 is 5.91 Å². The number of carbonyl (C=O) groups is 2. The number of allylic oxidation sites excluding steroid dienone is 1. The lowest BCUT2D eigenvalue weighted by Gasteiger charge is -1.97. The minimum atomic E-state index is -0.470. The Balaban J connectivity index is 2.66. The van der Waals surface area contributed by atoms with Crippen LogP contribution in [0.15, 0.2) is 30.5 Å². The third kappa shape index (κ3) is 1.61. The summed E-state index contributed by atoms with van der Waals surface area (Å²) in [5, 5.41) is 0.764. The summed E-state index contributed by atoms with van der Waals surface area (Å²) in [6.45, 7) is 0. The van der Waals surface area contributed by atoms with Crippen LogP contribution in [0.4, 0.5) is 0 Å². The Hall–Kier alpha value is -2.36. The number of amides is 1. The molecule has 0 fully saturated rings. The van der Waals surface area contributed by atoms with E-state index in [0.717, 1.165) is 16.5 Å². The summed E-state index contributed by atoms with van der Waals surface area (Å²) in [5.74, 6) is -0.470. The van der Waals surface area contributed by atoms with Crippen molar-refractivity contribution in [1.29, 1.82) is 0 Å². The highest BCUT2D eigenvalue weighted by atomic mass is 16.1. The van der Waals surface area contributed by atoms with Crippen molar-refractivity contribution in [2.24, 2.45) is 5.73 Å². The first-order valence-corrected chi connectivity index (χ1v) is 4.76. The van der Waals surface area contributed by atoms with Crippen LogP contribution in [0.25, 0.3) is 17.0 Å². The van der Waals surface area contributed by atoms with Crippen LogP contribution in [0.2, 0.25) is 0 Å². The highest BCUT2D eigenvalue weighted by Gasteiger charge is 2.09. The van der Waals surface area contributed by atoms with Gasteiger partial charge in [-0.2, -0.15) is 0 Å². The molecule has 0 unspecified atom stereocenters. The topological polar surface area (TPSA) is 76.0 Å². The molecule has 0 aliphatic heterocycles. The Morgan fingerprint density at radius 3 is 2.88 bits per heavy atom. The third-order valence-corrected chi connectivity index (χ3v) is 2.37. The van der Waals surface area contributed by atoms with E-state index in [9.17, 15) is 9.59 Å². The van der Waals surface area contributed by atoms with E-state index in [4.69, 9.17) is 5.73 Å². The van der Waals surface area contributed by atoms with Gasteiger partial charge in [0.25, 0.3) is 5.91 Å². The minimum Gasteiger partial charge on any atom is -0.366 e. The van der Waals surface area contributed by atoms with Crippen LogP contribution >= 0.6 is 0 Å². The SMILES string of the molecule is NC(=O)c1c[nH]c2c(/C=C/C=O)cccc12. The molecule has 1 heterocycles. The molecule has 2 rings (SSSR count). The number of hydrogen-bond donors (Lipinski definition) is 2. The molecule has 1 aromatic heterocycles. The number of aromatic amines is 1. The Morgan fingerprint density at radius 2 is 2.19 bits per heavy atom. The summed E-state index contributed by atoms with van der Waals surface area (Å²) >= 11 is 0. The predicted molar refractivity (Wildman–Crippen MR) is 61.9 cm³/mol. The fourth-order valence-electron chi connectivity index (χ4n) is 1.66. The number of aromatic nitrogens is 1. The normalized spacial score (nSPS) is 11.0. The van der Waals surface area contributed by atoms with Crippen LogP contribution in [0, 0.1) is 0 Å². The van der Waals surface area contributed by atoms with Crippen LogP contribution < -0.4 is 5.73 Å². The van der Waals surface area contributed by atoms with Gasteiger partial charge in [-0.25, -0.2) is 0 Å². The van der Waals surface area contributed by atoms with Gasteiger partial charge in [0.05, 0.1) is 11.1 Å². The Morgan fingerprint density at radius 1 is 1.38 bits per heavy atom. The van der Waals surface area contributed by atoms with E-state index in [2.05, 4.69) is 4.98 Å². The quantitative estimate of drug-likeness (QED) is 0.599. The number of benzene rings is 1. The molecule has 80 valence electrons. The molecule has 0 aliphatic carbocycles. The number of carbonyl (C=O) groups excluding carboxylic acids is 2. The fraction of sp³-hybridized carbons (Fsp3) is 0. The largest absolute Gasteiger partial charge is 0.366 e. The second kappa shape index (κ2) is 4.02. The Bertz CT molecular complexity index is 582. The van der Waals surface area contributed by atoms with Gasteiger partial charge in [0, 0.05) is 11.6 Å². The molecule has 0 aliphatic rings. The summed E-state index contributed by atoms with van der Waals surface area (Å²) in [7, 11) is 0. The van der Waals surface area contributed by atoms with Gasteiger partial charge < -0.3 is 10.7 Å². The summed E-state index contributed by atoms with van der Waals surface area (Å²) in [6, 6.07) is 5.47. The van der Waals surface area contributed by atoms with Crippen LogP contribution in [0.1, 0.15) is 15.9 Å². The minimum absolute atomic E-state index is 0.455. The van der Waals surface area contributed by atoms with Gasteiger partial charge >= 0.3 is 0 Å². The molecule has 4 heteroatoms. The van der Waals surface area contributed by atoms with Crippen LogP contribution in [0.5, 0.6) is 0 Å². The molecule has 0 radical (unpaired) electrons. The first-order chi connectivity index (χ1) is 7.74. The number of nitrogens with one attached hydrogen (secondary N) is 1. The molecule has 2 aromatic rings. The number of rotatable bonds is 3. The first kappa shape index (κ1) is 10.2. The second-order valence-electron chi connectivity index (χ2n) is 3.33. The molecule has 0 spiro atoms. The van der Waals surface area contributed by atoms with E-state index in [1.165, 1.54) is 6.08 Å². The zero-order chi connectivity index (χ0) is 11.5. The maximum Gasteiger partial charge on any atom is 0.250 e. The average Bonchev–Trinajstić information content (AvgIpc) is 2.70. The molecule has 3 N–H and O–H groups in total. The van der Waals surface area contributed by atoms with Crippen LogP contribution in [-0.4, -0.2) is 17.2 Å². The van der Waals surface area contributed by atoms with Gasteiger partial charge in [0.1, 0.15) is 6.29 Å². The zero-order valence-electron chi connectivity index (χ0n) is 8.44. The van der Waals surface area contributed by atoms with E-state index in [0.29, 0.717) is 11.8 Å². The zero-order valence-corrected chi connectivity index (χ0v) is 8.44. The number of fused-ring (bicyclic) bond motifs is 1. The number of aldehydes is 1. The molecule has 1 aromatic carbocycles. The van der Waals surface area contributed by atoms with Gasteiger partial charge in [-0.05, 0) is 17.7 Å². The molecule has 16 heavy (non-hydrogen) atoms. The highest BCUT2D eigenvalue weighted by Crippen LogP contribution is 2.22. The molecule has 0 saturated carbocycles. The molecular weight excluding hydrogens is 204 g/mol. The lowest BCUT2D eigenvalue weighted by molar-refractivity contribution is -0.104. The third-order valence-electron chi connectivity index (χ3n) is 2.37. The Kier molecular flexibility index (Phi) is 2.55. The van der Waals surface area contributed by atoms with Crippen molar-refractivity contribution in [1.82, 2.24) is 4.98 Å². The van der Waals surface area contributed by atoms with Gasteiger partial charge in [0.2, 0.25) is 0 Å². The van der Waals surface area contributed by atoms with Crippen molar-refractivity contribution >= 4 is 29.2 Å². The summed E-state index contributed by atoms with van der Waals surface area (Å²) < 4.78 is 0. The first-order valence-electron chi connectivity index (χ1n) is 4.76. The summed E-state index contributed by atoms with van der Waals surface area (Å²) in [5.41, 5.74) is 7.34.